The van der Waals surface area contributed by atoms with E-state index in [0.717, 1.165) is 26.0 Å². The van der Waals surface area contributed by atoms with Crippen LogP contribution in [0.2, 0.25) is 5.02 Å². The average Bonchev–Trinajstić information content (AvgIpc) is 2.59. The maximum atomic E-state index is 11.8. The second-order valence-electron chi connectivity index (χ2n) is 7.10. The van der Waals surface area contributed by atoms with Gasteiger partial charge in [-0.1, -0.05) is 11.6 Å². The largest absolute Gasteiger partial charge is 0.376 e. The van der Waals surface area contributed by atoms with Crippen molar-refractivity contribution in [3.63, 3.8) is 0 Å². The third-order valence-corrected chi connectivity index (χ3v) is 4.81. The zero-order chi connectivity index (χ0) is 18.7. The normalized spacial score (nSPS) is 19.1. The van der Waals surface area contributed by atoms with Crippen LogP contribution in [-0.2, 0) is 4.74 Å². The lowest BCUT2D eigenvalue weighted by Crippen LogP contribution is -2.36. The molecule has 2 aromatic rings. The lowest BCUT2D eigenvalue weighted by atomic mass is 9.88. The van der Waals surface area contributed by atoms with Gasteiger partial charge in [0.25, 0.3) is 5.91 Å². The Bertz CT molecular complexity index is 810. The molecule has 2 aromatic heterocycles. The summed E-state index contributed by atoms with van der Waals surface area (Å²) < 4.78 is 5.76. The first-order valence-electron chi connectivity index (χ1n) is 8.56. The van der Waals surface area contributed by atoms with E-state index < -0.39 is 5.91 Å². The predicted octanol–water partition coefficient (Wildman–Crippen LogP) is 3.31. The summed E-state index contributed by atoms with van der Waals surface area (Å²) in [7, 11) is 0. The highest BCUT2D eigenvalue weighted by Crippen LogP contribution is 2.31. The van der Waals surface area contributed by atoms with Gasteiger partial charge in [0, 0.05) is 24.9 Å². The third-order valence-electron chi connectivity index (χ3n) is 4.51. The fourth-order valence-electron chi connectivity index (χ4n) is 3.26. The van der Waals surface area contributed by atoms with E-state index in [-0.39, 0.29) is 5.60 Å². The van der Waals surface area contributed by atoms with Crippen LogP contribution in [0.5, 0.6) is 0 Å². The summed E-state index contributed by atoms with van der Waals surface area (Å²) in [5, 5.41) is 3.75. The van der Waals surface area contributed by atoms with E-state index >= 15 is 0 Å². The molecule has 0 aliphatic carbocycles. The van der Waals surface area contributed by atoms with Gasteiger partial charge in [-0.3, -0.25) is 9.78 Å². The number of carbonyl (C=O) groups is 1. The summed E-state index contributed by atoms with van der Waals surface area (Å²) >= 11 is 6.21. The zero-order valence-electron chi connectivity index (χ0n) is 14.9. The maximum Gasteiger partial charge on any atom is 0.250 e. The topological polar surface area (TPSA) is 90.1 Å². The first-order chi connectivity index (χ1) is 12.4. The highest BCUT2D eigenvalue weighted by Gasteiger charge is 2.28. The minimum atomic E-state index is -0.557. The zero-order valence-corrected chi connectivity index (χ0v) is 15.6. The number of carbonyl (C=O) groups excluding carboxylic acids is 1. The molecular weight excluding hydrogens is 352 g/mol. The molecule has 3 rings (SSSR count). The summed E-state index contributed by atoms with van der Waals surface area (Å²) in [6.45, 7) is 5.77. The lowest BCUT2D eigenvalue weighted by Gasteiger charge is -2.35. The van der Waals surface area contributed by atoms with Gasteiger partial charge in [-0.2, -0.15) is 0 Å². The number of nitrogens with zero attached hydrogens (tertiary/aromatic N) is 2. The smallest absolute Gasteiger partial charge is 0.250 e. The number of pyridine rings is 2. The van der Waals surface area contributed by atoms with Crippen molar-refractivity contribution in [2.75, 3.05) is 18.5 Å². The van der Waals surface area contributed by atoms with E-state index in [1.165, 1.54) is 6.20 Å². The van der Waals surface area contributed by atoms with Gasteiger partial charge in [-0.25, -0.2) is 4.98 Å². The summed E-state index contributed by atoms with van der Waals surface area (Å²) in [6.07, 6.45) is 6.17. The van der Waals surface area contributed by atoms with Crippen LogP contribution in [0, 0.1) is 12.1 Å². The molecule has 0 saturated carbocycles. The second kappa shape index (κ2) is 7.60. The number of anilines is 1. The van der Waals surface area contributed by atoms with Crippen molar-refractivity contribution in [1.82, 2.24) is 9.97 Å². The summed E-state index contributed by atoms with van der Waals surface area (Å²) in [6, 6.07) is 5.02. The van der Waals surface area contributed by atoms with Gasteiger partial charge in [0.05, 0.1) is 28.1 Å². The van der Waals surface area contributed by atoms with E-state index in [1.807, 2.05) is 0 Å². The Balaban J connectivity index is 1.82. The van der Waals surface area contributed by atoms with E-state index in [0.29, 0.717) is 33.6 Å². The quantitative estimate of drug-likeness (QED) is 0.839. The van der Waals surface area contributed by atoms with Crippen molar-refractivity contribution in [1.29, 1.82) is 0 Å². The number of aromatic nitrogens is 2. The van der Waals surface area contributed by atoms with Crippen molar-refractivity contribution >= 4 is 23.3 Å². The molecule has 0 spiro atoms. The minimum absolute atomic E-state index is 0.0978. The van der Waals surface area contributed by atoms with E-state index in [1.54, 1.807) is 18.2 Å². The second-order valence-corrected chi connectivity index (χ2v) is 7.51. The number of rotatable bonds is 5. The van der Waals surface area contributed by atoms with Crippen LogP contribution in [0.25, 0.3) is 11.3 Å². The summed E-state index contributed by atoms with van der Waals surface area (Å²) in [4.78, 5) is 20.2. The monoisotopic (exact) mass is 373 g/mol. The van der Waals surface area contributed by atoms with Crippen molar-refractivity contribution < 1.29 is 9.53 Å². The Morgan fingerprint density at radius 2 is 2.31 bits per heavy atom. The van der Waals surface area contributed by atoms with Crippen LogP contribution in [0.1, 0.15) is 37.0 Å². The first kappa shape index (κ1) is 18.6. The Morgan fingerprint density at radius 3 is 3.00 bits per heavy atom. The van der Waals surface area contributed by atoms with Crippen LogP contribution in [0.3, 0.4) is 0 Å². The molecule has 0 unspecified atom stereocenters. The Kier molecular flexibility index (Phi) is 5.44. The van der Waals surface area contributed by atoms with Gasteiger partial charge in [0.15, 0.2) is 0 Å². The molecule has 1 aliphatic heterocycles. The number of amides is 1. The molecule has 1 radical (unpaired) electrons. The van der Waals surface area contributed by atoms with Crippen LogP contribution in [0.4, 0.5) is 5.82 Å². The fraction of sp³-hybridized carbons (Fsp3) is 0.421. The number of hydrogen-bond donors (Lipinski definition) is 2. The van der Waals surface area contributed by atoms with Gasteiger partial charge in [0.2, 0.25) is 0 Å². The molecule has 7 heteroatoms. The Morgan fingerprint density at radius 1 is 1.50 bits per heavy atom. The Hall–Kier alpha value is -2.18. The molecule has 0 bridgehead atoms. The number of hydrogen-bond acceptors (Lipinski definition) is 5. The Labute approximate surface area is 158 Å². The van der Waals surface area contributed by atoms with E-state index in [4.69, 9.17) is 22.1 Å². The fourth-order valence-corrected chi connectivity index (χ4v) is 3.45. The molecule has 1 atom stereocenters. The van der Waals surface area contributed by atoms with Crippen molar-refractivity contribution in [2.24, 2.45) is 11.7 Å². The molecule has 3 heterocycles. The van der Waals surface area contributed by atoms with Crippen LogP contribution < -0.4 is 11.1 Å². The molecule has 1 fully saturated rings. The van der Waals surface area contributed by atoms with Crippen LogP contribution >= 0.6 is 11.6 Å². The molecular formula is C19H22ClN4O2. The highest BCUT2D eigenvalue weighted by molar-refractivity contribution is 6.33. The van der Waals surface area contributed by atoms with E-state index in [9.17, 15) is 4.79 Å². The van der Waals surface area contributed by atoms with Gasteiger partial charge in [-0.15, -0.1) is 0 Å². The number of primary amides is 1. The molecule has 1 amide bonds. The van der Waals surface area contributed by atoms with Gasteiger partial charge < -0.3 is 15.8 Å². The maximum absolute atomic E-state index is 11.8. The number of nitrogens with one attached hydrogen (secondary N) is 1. The summed E-state index contributed by atoms with van der Waals surface area (Å²) in [5.41, 5.74) is 6.71. The molecule has 1 aliphatic rings. The summed E-state index contributed by atoms with van der Waals surface area (Å²) in [5.74, 6) is 0.609. The number of ether oxygens (including phenoxy) is 1. The molecule has 6 nitrogen and oxygen atoms in total. The molecule has 0 aromatic carbocycles. The first-order valence-corrected chi connectivity index (χ1v) is 8.94. The standard InChI is InChI=1S/C19H22ClN4O2/c1-19(2)9-12(6-8-26-19)10-23-16-4-3-14(18(21)25)17(24-16)13-5-7-22-11-15(13)20/h3-5,11-12H,6,8-10H2,1-2H3,(H2,21,25)(H,23,24)/t12-/m0/s1. The van der Waals surface area contributed by atoms with E-state index in [2.05, 4.69) is 35.3 Å². The van der Waals surface area contributed by atoms with Crippen LogP contribution in [0.15, 0.2) is 24.4 Å². The van der Waals surface area contributed by atoms with Crippen molar-refractivity contribution in [3.8, 4) is 11.3 Å². The van der Waals surface area contributed by atoms with Crippen molar-refractivity contribution in [3.05, 3.63) is 41.2 Å². The SMILES string of the molecule is CC1(C)C[C@@H](CNc2ccc(C(N)=O)c(-c3c[c]ncc3Cl)n2)CCO1. The van der Waals surface area contributed by atoms with Gasteiger partial charge in [-0.05, 0) is 50.8 Å². The molecule has 3 N–H and O–H groups in total. The van der Waals surface area contributed by atoms with Gasteiger partial charge in [0.1, 0.15) is 5.82 Å². The highest BCUT2D eigenvalue weighted by atomic mass is 35.5. The number of halogens is 1. The third kappa shape index (κ3) is 4.31. The van der Waals surface area contributed by atoms with Gasteiger partial charge >= 0.3 is 0 Å². The average molecular weight is 374 g/mol. The molecule has 26 heavy (non-hydrogen) atoms. The minimum Gasteiger partial charge on any atom is -0.376 e. The molecule has 1 saturated heterocycles. The molecule has 137 valence electrons. The lowest BCUT2D eigenvalue weighted by molar-refractivity contribution is -0.0699. The predicted molar refractivity (Wildman–Crippen MR) is 101 cm³/mol. The number of nitrogens with two attached hydrogens (primary N) is 1. The van der Waals surface area contributed by atoms with Crippen LogP contribution in [-0.4, -0.2) is 34.6 Å². The van der Waals surface area contributed by atoms with Crippen molar-refractivity contribution in [2.45, 2.75) is 32.3 Å².